The third kappa shape index (κ3) is 6.45. The Morgan fingerprint density at radius 2 is 1.63 bits per heavy atom. The van der Waals surface area contributed by atoms with Gasteiger partial charge in [-0.15, -0.1) is 0 Å². The van der Waals surface area contributed by atoms with Gasteiger partial charge in [0.05, 0.1) is 26.2 Å². The maximum atomic E-state index is 14.7. The van der Waals surface area contributed by atoms with Crippen molar-refractivity contribution in [3.63, 3.8) is 0 Å². The van der Waals surface area contributed by atoms with E-state index in [1.807, 2.05) is 54.6 Å². The Balaban J connectivity index is 1.58. The number of rotatable bonds is 8. The van der Waals surface area contributed by atoms with Gasteiger partial charge >= 0.3 is 5.97 Å². The number of para-hydroxylation sites is 1. The Morgan fingerprint density at radius 1 is 0.935 bits per heavy atom. The maximum Gasteiger partial charge on any atom is 0.326 e. The van der Waals surface area contributed by atoms with E-state index < -0.39 is 35.3 Å². The number of aliphatic carboxylic acids is 1. The van der Waals surface area contributed by atoms with Crippen molar-refractivity contribution in [2.75, 3.05) is 20.8 Å². The molecule has 3 aromatic rings. The number of nitrogens with one attached hydrogen (secondary N) is 1. The predicted octanol–water partition coefficient (Wildman–Crippen LogP) is 6.41. The van der Waals surface area contributed by atoms with E-state index in [0.717, 1.165) is 22.4 Å². The molecule has 46 heavy (non-hydrogen) atoms. The van der Waals surface area contributed by atoms with Crippen LogP contribution < -0.4 is 19.5 Å². The normalized spacial score (nSPS) is 23.0. The molecule has 0 aliphatic carbocycles. The molecule has 0 radical (unpaired) electrons. The highest BCUT2D eigenvalue weighted by Crippen LogP contribution is 2.49. The summed E-state index contributed by atoms with van der Waals surface area (Å²) in [5.41, 5.74) is 3.41. The number of likely N-dealkylation sites (tertiary alicyclic amines) is 1. The van der Waals surface area contributed by atoms with Gasteiger partial charge < -0.3 is 29.5 Å². The number of carboxylic acids is 1. The molecule has 1 amide bonds. The second-order valence-electron chi connectivity index (χ2n) is 14.6. The summed E-state index contributed by atoms with van der Waals surface area (Å²) < 4.78 is 17.4. The largest absolute Gasteiger partial charge is 0.496 e. The topological polar surface area (TPSA) is 97.3 Å². The molecular formula is C38H48N2O6. The molecule has 5 atom stereocenters. The fourth-order valence-electron chi connectivity index (χ4n) is 7.26. The van der Waals surface area contributed by atoms with E-state index in [1.165, 1.54) is 5.56 Å². The monoisotopic (exact) mass is 628 g/mol. The van der Waals surface area contributed by atoms with Gasteiger partial charge in [-0.05, 0) is 46.1 Å². The Morgan fingerprint density at radius 3 is 2.24 bits per heavy atom. The first-order valence-electron chi connectivity index (χ1n) is 16.1. The predicted molar refractivity (Wildman–Crippen MR) is 178 cm³/mol. The van der Waals surface area contributed by atoms with Gasteiger partial charge in [-0.2, -0.15) is 0 Å². The number of fused-ring (bicyclic) bond motifs is 1. The Hall–Kier alpha value is -4.04. The molecule has 2 heterocycles. The summed E-state index contributed by atoms with van der Waals surface area (Å²) in [6, 6.07) is 19.7. The van der Waals surface area contributed by atoms with Gasteiger partial charge in [-0.1, -0.05) is 96.1 Å². The Bertz CT molecular complexity index is 1560. The van der Waals surface area contributed by atoms with E-state index in [2.05, 4.69) is 59.0 Å². The van der Waals surface area contributed by atoms with Crippen molar-refractivity contribution in [3.8, 4) is 17.2 Å². The average molecular weight is 629 g/mol. The lowest BCUT2D eigenvalue weighted by molar-refractivity contribution is -0.154. The lowest BCUT2D eigenvalue weighted by Crippen LogP contribution is -2.50. The highest BCUT2D eigenvalue weighted by atomic mass is 16.5. The van der Waals surface area contributed by atoms with E-state index in [-0.39, 0.29) is 24.0 Å². The molecule has 2 N–H and O–H groups in total. The smallest absolute Gasteiger partial charge is 0.326 e. The summed E-state index contributed by atoms with van der Waals surface area (Å²) in [6.07, 6.45) is 0.435. The third-order valence-corrected chi connectivity index (χ3v) is 9.51. The van der Waals surface area contributed by atoms with Crippen LogP contribution in [-0.2, 0) is 28.0 Å². The molecule has 2 aliphatic heterocycles. The highest BCUT2D eigenvalue weighted by molar-refractivity contribution is 5.87. The van der Waals surface area contributed by atoms with E-state index in [0.29, 0.717) is 24.5 Å². The van der Waals surface area contributed by atoms with Crippen molar-refractivity contribution >= 4 is 11.9 Å². The standard InChI is InChI=1S/C38H48N2O6/c1-37(2,3)27-17-18-28(44-7)25(20-27)21-39-31-30(38(4,5)6)33(36(42)43)40(32(31)23-13-10-9-11-14-23)35(41)26-19-24-15-12-16-29(45-8)34(24)46-22-26/h9-18,20,26,30-33,39H,19,21-22H2,1-8H3,(H,42,43)/t26?,30-,31-,32-,33-/m0/s1. The number of hydrogen-bond donors (Lipinski definition) is 2. The van der Waals surface area contributed by atoms with Gasteiger partial charge in [0, 0.05) is 24.1 Å². The summed E-state index contributed by atoms with van der Waals surface area (Å²) in [5.74, 6) is -0.159. The Kier molecular flexibility index (Phi) is 9.41. The molecule has 1 saturated heterocycles. The highest BCUT2D eigenvalue weighted by Gasteiger charge is 2.58. The summed E-state index contributed by atoms with van der Waals surface area (Å²) in [6.45, 7) is 13.3. The second-order valence-corrected chi connectivity index (χ2v) is 14.6. The minimum atomic E-state index is -1.05. The molecule has 3 aromatic carbocycles. The van der Waals surface area contributed by atoms with Crippen molar-refractivity contribution in [2.24, 2.45) is 17.3 Å². The van der Waals surface area contributed by atoms with Crippen LogP contribution in [0.25, 0.3) is 0 Å². The van der Waals surface area contributed by atoms with Crippen molar-refractivity contribution in [1.29, 1.82) is 0 Å². The van der Waals surface area contributed by atoms with Crippen molar-refractivity contribution in [2.45, 2.75) is 78.0 Å². The molecular weight excluding hydrogens is 580 g/mol. The molecule has 0 spiro atoms. The first-order chi connectivity index (χ1) is 21.8. The van der Waals surface area contributed by atoms with E-state index in [9.17, 15) is 14.7 Å². The number of carboxylic acid groups (broad SMARTS) is 1. The van der Waals surface area contributed by atoms with Crippen molar-refractivity contribution in [1.82, 2.24) is 10.2 Å². The summed E-state index contributed by atoms with van der Waals surface area (Å²) in [7, 11) is 3.26. The first kappa shape index (κ1) is 33.3. The van der Waals surface area contributed by atoms with E-state index in [4.69, 9.17) is 14.2 Å². The number of amides is 1. The van der Waals surface area contributed by atoms with Gasteiger partial charge in [0.1, 0.15) is 18.4 Å². The molecule has 8 heteroatoms. The van der Waals surface area contributed by atoms with Crippen LogP contribution in [0.4, 0.5) is 0 Å². The van der Waals surface area contributed by atoms with Crippen LogP contribution in [0.15, 0.2) is 66.7 Å². The lowest BCUT2D eigenvalue weighted by atomic mass is 9.72. The van der Waals surface area contributed by atoms with Crippen LogP contribution in [0.1, 0.15) is 69.8 Å². The quantitative estimate of drug-likeness (QED) is 0.298. The van der Waals surface area contributed by atoms with E-state index >= 15 is 0 Å². The van der Waals surface area contributed by atoms with Crippen LogP contribution >= 0.6 is 0 Å². The fourth-order valence-corrected chi connectivity index (χ4v) is 7.26. The average Bonchev–Trinajstić information content (AvgIpc) is 3.38. The van der Waals surface area contributed by atoms with Gasteiger partial charge in [0.25, 0.3) is 0 Å². The van der Waals surface area contributed by atoms with E-state index in [1.54, 1.807) is 19.1 Å². The molecule has 0 saturated carbocycles. The molecule has 5 rings (SSSR count). The minimum Gasteiger partial charge on any atom is -0.496 e. The van der Waals surface area contributed by atoms with Crippen LogP contribution in [0.2, 0.25) is 0 Å². The number of benzene rings is 3. The van der Waals surface area contributed by atoms with Crippen LogP contribution in [-0.4, -0.2) is 54.8 Å². The number of ether oxygens (including phenoxy) is 3. The van der Waals surface area contributed by atoms with Crippen molar-refractivity contribution in [3.05, 3.63) is 89.0 Å². The summed E-state index contributed by atoms with van der Waals surface area (Å²) in [4.78, 5) is 29.7. The lowest BCUT2D eigenvalue weighted by Gasteiger charge is -2.36. The molecule has 0 aromatic heterocycles. The summed E-state index contributed by atoms with van der Waals surface area (Å²) >= 11 is 0. The molecule has 0 bridgehead atoms. The van der Waals surface area contributed by atoms with Crippen LogP contribution in [0.5, 0.6) is 17.2 Å². The first-order valence-corrected chi connectivity index (χ1v) is 16.1. The third-order valence-electron chi connectivity index (χ3n) is 9.51. The van der Waals surface area contributed by atoms with Gasteiger partial charge in [-0.25, -0.2) is 4.79 Å². The molecule has 2 aliphatic rings. The Labute approximate surface area is 273 Å². The van der Waals surface area contributed by atoms with Crippen LogP contribution in [0.3, 0.4) is 0 Å². The van der Waals surface area contributed by atoms with Gasteiger partial charge in [0.15, 0.2) is 11.5 Å². The number of hydrogen-bond acceptors (Lipinski definition) is 6. The van der Waals surface area contributed by atoms with Crippen LogP contribution in [0, 0.1) is 17.3 Å². The molecule has 1 unspecified atom stereocenters. The summed E-state index contributed by atoms with van der Waals surface area (Å²) in [5, 5.41) is 14.7. The van der Waals surface area contributed by atoms with Crippen molar-refractivity contribution < 1.29 is 28.9 Å². The zero-order valence-corrected chi connectivity index (χ0v) is 28.3. The number of nitrogens with zero attached hydrogens (tertiary/aromatic N) is 1. The van der Waals surface area contributed by atoms with Gasteiger partial charge in [0.2, 0.25) is 5.91 Å². The number of carbonyl (C=O) groups is 2. The number of methoxy groups -OCH3 is 2. The second kappa shape index (κ2) is 13.0. The van der Waals surface area contributed by atoms with Gasteiger partial charge in [-0.3, -0.25) is 4.79 Å². The zero-order chi connectivity index (χ0) is 33.4. The SMILES string of the molecule is COc1ccc(C(C)(C)C)cc1CN[C@H]1[C@H](C(C)(C)C)[C@@H](C(=O)O)N(C(=O)C2COc3c(cccc3OC)C2)[C@H]1c1ccccc1. The zero-order valence-electron chi connectivity index (χ0n) is 28.3. The minimum absolute atomic E-state index is 0.0583. The molecule has 246 valence electrons. The number of carbonyl (C=O) groups excluding carboxylic acids is 1. The fraction of sp³-hybridized carbons (Fsp3) is 0.474. The maximum absolute atomic E-state index is 14.7. The molecule has 1 fully saturated rings. The molecule has 8 nitrogen and oxygen atoms in total.